The summed E-state index contributed by atoms with van der Waals surface area (Å²) in [7, 11) is 0. The number of hydrogen-bond acceptors (Lipinski definition) is 6. The van der Waals surface area contributed by atoms with E-state index in [1.165, 1.54) is 19.3 Å². The molecule has 28 heavy (non-hydrogen) atoms. The Balaban J connectivity index is 1.37. The molecule has 0 aliphatic carbocycles. The number of nitrogens with one attached hydrogen (secondary N) is 1. The van der Waals surface area contributed by atoms with Crippen LogP contribution in [0.4, 0.5) is 11.6 Å². The molecule has 4 heterocycles. The fraction of sp³-hybridized carbons (Fsp3) is 0.700. The van der Waals surface area contributed by atoms with E-state index in [1.807, 2.05) is 11.8 Å². The van der Waals surface area contributed by atoms with Gasteiger partial charge < -0.3 is 20.0 Å². The summed E-state index contributed by atoms with van der Waals surface area (Å²) in [5.41, 5.74) is 0. The minimum Gasteiger partial charge on any atom is -0.356 e. The standard InChI is InChI=1S/C20H30N6O2/c1-15-22-17(24-7-3-2-4-8-24)13-18(23-15)25-9-11-26(12-10-25)20(28)16-5-6-19(27)21-14-16/h13,16H,2-12,14H2,1H3,(H,21,27). The first-order valence-electron chi connectivity index (χ1n) is 10.5. The zero-order chi connectivity index (χ0) is 19.5. The smallest absolute Gasteiger partial charge is 0.227 e. The maximum absolute atomic E-state index is 12.7. The predicted molar refractivity (Wildman–Crippen MR) is 107 cm³/mol. The van der Waals surface area contributed by atoms with E-state index in [9.17, 15) is 9.59 Å². The zero-order valence-corrected chi connectivity index (χ0v) is 16.7. The molecule has 152 valence electrons. The first-order chi connectivity index (χ1) is 13.6. The van der Waals surface area contributed by atoms with Crippen molar-refractivity contribution in [1.29, 1.82) is 0 Å². The summed E-state index contributed by atoms with van der Waals surface area (Å²) >= 11 is 0. The molecular formula is C20H30N6O2. The lowest BCUT2D eigenvalue weighted by atomic mass is 9.97. The van der Waals surface area contributed by atoms with Crippen LogP contribution in [0, 0.1) is 12.8 Å². The SMILES string of the molecule is Cc1nc(N2CCCCC2)cc(N2CCN(C(=O)C3CCC(=O)NC3)CC2)n1. The molecule has 0 radical (unpaired) electrons. The van der Waals surface area contributed by atoms with Gasteiger partial charge in [0.1, 0.15) is 17.5 Å². The second-order valence-corrected chi connectivity index (χ2v) is 8.03. The fourth-order valence-electron chi connectivity index (χ4n) is 4.34. The average molecular weight is 387 g/mol. The molecule has 1 N–H and O–H groups in total. The van der Waals surface area contributed by atoms with Gasteiger partial charge in [0.2, 0.25) is 11.8 Å². The largest absolute Gasteiger partial charge is 0.356 e. The van der Waals surface area contributed by atoms with E-state index in [0.717, 1.165) is 43.6 Å². The van der Waals surface area contributed by atoms with Crippen LogP contribution in [0.1, 0.15) is 37.9 Å². The van der Waals surface area contributed by atoms with Gasteiger partial charge in [-0.25, -0.2) is 9.97 Å². The molecule has 0 spiro atoms. The van der Waals surface area contributed by atoms with Crippen LogP contribution in [0.25, 0.3) is 0 Å². The third-order valence-corrected chi connectivity index (χ3v) is 6.02. The molecule has 3 aliphatic rings. The fourth-order valence-corrected chi connectivity index (χ4v) is 4.34. The van der Waals surface area contributed by atoms with Gasteiger partial charge in [-0.1, -0.05) is 0 Å². The summed E-state index contributed by atoms with van der Waals surface area (Å²) in [5.74, 6) is 2.94. The van der Waals surface area contributed by atoms with Crippen molar-refractivity contribution < 1.29 is 9.59 Å². The van der Waals surface area contributed by atoms with Crippen molar-refractivity contribution in [3.8, 4) is 0 Å². The molecule has 1 aromatic rings. The molecule has 0 bridgehead atoms. The number of aryl methyl sites for hydroxylation is 1. The van der Waals surface area contributed by atoms with Crippen molar-refractivity contribution in [1.82, 2.24) is 20.2 Å². The molecule has 0 saturated carbocycles. The Morgan fingerprint density at radius 2 is 1.64 bits per heavy atom. The van der Waals surface area contributed by atoms with Crippen molar-refractivity contribution in [2.24, 2.45) is 5.92 Å². The van der Waals surface area contributed by atoms with Gasteiger partial charge >= 0.3 is 0 Å². The molecule has 3 aliphatic heterocycles. The Kier molecular flexibility index (Phi) is 5.64. The Morgan fingerprint density at radius 1 is 1.00 bits per heavy atom. The molecule has 4 rings (SSSR count). The highest BCUT2D eigenvalue weighted by atomic mass is 16.2. The Morgan fingerprint density at radius 3 is 2.25 bits per heavy atom. The van der Waals surface area contributed by atoms with E-state index in [-0.39, 0.29) is 17.7 Å². The highest BCUT2D eigenvalue weighted by molar-refractivity contribution is 5.84. The zero-order valence-electron chi connectivity index (χ0n) is 16.7. The van der Waals surface area contributed by atoms with Gasteiger partial charge in [0.15, 0.2) is 0 Å². The monoisotopic (exact) mass is 386 g/mol. The summed E-state index contributed by atoms with van der Waals surface area (Å²) < 4.78 is 0. The maximum Gasteiger partial charge on any atom is 0.227 e. The molecule has 2 amide bonds. The van der Waals surface area contributed by atoms with Crippen LogP contribution in [0.5, 0.6) is 0 Å². The Bertz CT molecular complexity index is 715. The number of nitrogens with zero attached hydrogens (tertiary/aromatic N) is 5. The minimum absolute atomic E-state index is 0.0533. The van der Waals surface area contributed by atoms with Crippen LogP contribution < -0.4 is 15.1 Å². The summed E-state index contributed by atoms with van der Waals surface area (Å²) in [4.78, 5) is 39.9. The lowest BCUT2D eigenvalue weighted by Crippen LogP contribution is -2.52. The van der Waals surface area contributed by atoms with Gasteiger partial charge in [0.05, 0.1) is 5.92 Å². The Labute approximate surface area is 166 Å². The first-order valence-corrected chi connectivity index (χ1v) is 10.5. The predicted octanol–water partition coefficient (Wildman–Crippen LogP) is 0.950. The molecule has 1 aromatic heterocycles. The first kappa shape index (κ1) is 19.0. The Hall–Kier alpha value is -2.38. The molecular weight excluding hydrogens is 356 g/mol. The molecule has 8 heteroatoms. The van der Waals surface area contributed by atoms with Crippen LogP contribution in [0.15, 0.2) is 6.07 Å². The lowest BCUT2D eigenvalue weighted by Gasteiger charge is -2.38. The third kappa shape index (κ3) is 4.20. The minimum atomic E-state index is -0.0729. The van der Waals surface area contributed by atoms with Crippen LogP contribution in [0.2, 0.25) is 0 Å². The van der Waals surface area contributed by atoms with Crippen molar-refractivity contribution in [3.63, 3.8) is 0 Å². The van der Waals surface area contributed by atoms with E-state index in [1.54, 1.807) is 0 Å². The van der Waals surface area contributed by atoms with E-state index in [0.29, 0.717) is 32.5 Å². The van der Waals surface area contributed by atoms with Crippen molar-refractivity contribution in [2.75, 3.05) is 55.6 Å². The second kappa shape index (κ2) is 8.32. The van der Waals surface area contributed by atoms with Crippen LogP contribution in [0.3, 0.4) is 0 Å². The van der Waals surface area contributed by atoms with E-state index in [4.69, 9.17) is 0 Å². The van der Waals surface area contributed by atoms with Gasteiger partial charge in [-0.05, 0) is 32.6 Å². The number of piperazine rings is 1. The van der Waals surface area contributed by atoms with E-state index >= 15 is 0 Å². The second-order valence-electron chi connectivity index (χ2n) is 8.03. The molecule has 1 unspecified atom stereocenters. The molecule has 3 saturated heterocycles. The van der Waals surface area contributed by atoms with Gasteiger partial charge in [-0.15, -0.1) is 0 Å². The number of amides is 2. The van der Waals surface area contributed by atoms with E-state index < -0.39 is 0 Å². The third-order valence-electron chi connectivity index (χ3n) is 6.02. The number of hydrogen-bond donors (Lipinski definition) is 1. The summed E-state index contributed by atoms with van der Waals surface area (Å²) in [6.07, 6.45) is 4.86. The molecule has 0 aromatic carbocycles. The number of carbonyl (C=O) groups is 2. The lowest BCUT2D eigenvalue weighted by molar-refractivity contribution is -0.137. The summed E-state index contributed by atoms with van der Waals surface area (Å²) in [5, 5.41) is 2.81. The van der Waals surface area contributed by atoms with Crippen molar-refractivity contribution in [3.05, 3.63) is 11.9 Å². The number of aromatic nitrogens is 2. The molecule has 8 nitrogen and oxygen atoms in total. The number of anilines is 2. The highest BCUT2D eigenvalue weighted by Gasteiger charge is 2.30. The van der Waals surface area contributed by atoms with Crippen LogP contribution in [-0.2, 0) is 9.59 Å². The molecule has 1 atom stereocenters. The number of carbonyl (C=O) groups excluding carboxylic acids is 2. The van der Waals surface area contributed by atoms with Gasteiger partial charge in [-0.3, -0.25) is 9.59 Å². The average Bonchev–Trinajstić information content (AvgIpc) is 2.74. The maximum atomic E-state index is 12.7. The van der Waals surface area contributed by atoms with Gasteiger partial charge in [0, 0.05) is 58.3 Å². The normalized spacial score (nSPS) is 23.5. The van der Waals surface area contributed by atoms with Crippen LogP contribution in [-0.4, -0.2) is 72.5 Å². The quantitative estimate of drug-likeness (QED) is 0.833. The number of rotatable bonds is 3. The highest BCUT2D eigenvalue weighted by Crippen LogP contribution is 2.24. The van der Waals surface area contributed by atoms with Gasteiger partial charge in [-0.2, -0.15) is 0 Å². The van der Waals surface area contributed by atoms with Crippen molar-refractivity contribution >= 4 is 23.5 Å². The van der Waals surface area contributed by atoms with Crippen molar-refractivity contribution in [2.45, 2.75) is 39.0 Å². The summed E-state index contributed by atoms with van der Waals surface area (Å²) in [6, 6.07) is 2.10. The van der Waals surface area contributed by atoms with E-state index in [2.05, 4.69) is 31.2 Å². The number of piperidine rings is 2. The topological polar surface area (TPSA) is 81.7 Å². The summed E-state index contributed by atoms with van der Waals surface area (Å²) in [6.45, 7) is 7.51. The van der Waals surface area contributed by atoms with Crippen LogP contribution >= 0.6 is 0 Å². The van der Waals surface area contributed by atoms with Gasteiger partial charge in [0.25, 0.3) is 0 Å². The molecule has 3 fully saturated rings.